The monoisotopic (exact) mass is 434 g/mol. The second kappa shape index (κ2) is 7.59. The summed E-state index contributed by atoms with van der Waals surface area (Å²) in [5.74, 6) is -0.424. The number of likely N-dealkylation sites (N-methyl/N-ethyl adjacent to an activating group) is 1. The number of nitrogens with one attached hydrogen (secondary N) is 1. The van der Waals surface area contributed by atoms with E-state index in [-0.39, 0.29) is 18.4 Å². The molecular weight excluding hydrogens is 416 g/mol. The van der Waals surface area contributed by atoms with Gasteiger partial charge in [0.25, 0.3) is 5.91 Å². The highest BCUT2D eigenvalue weighted by Gasteiger charge is 2.17. The summed E-state index contributed by atoms with van der Waals surface area (Å²) in [6, 6.07) is 7.00. The highest BCUT2D eigenvalue weighted by molar-refractivity contribution is 9.10. The van der Waals surface area contributed by atoms with E-state index < -0.39 is 0 Å². The second-order valence-electron chi connectivity index (χ2n) is 6.08. The molecule has 0 aliphatic rings. The Morgan fingerprint density at radius 3 is 2.65 bits per heavy atom. The third kappa shape index (κ3) is 3.96. The summed E-state index contributed by atoms with van der Waals surface area (Å²) in [5.41, 5.74) is 2.42. The quantitative estimate of drug-likeness (QED) is 0.670. The van der Waals surface area contributed by atoms with Crippen molar-refractivity contribution in [2.45, 2.75) is 20.4 Å². The number of aryl methyl sites for hydroxylation is 2. The number of carbonyl (C=O) groups is 2. The maximum absolute atomic E-state index is 12.4. The van der Waals surface area contributed by atoms with Gasteiger partial charge in [-0.1, -0.05) is 15.9 Å². The van der Waals surface area contributed by atoms with Crippen LogP contribution in [0.4, 0.5) is 0 Å². The van der Waals surface area contributed by atoms with Crippen LogP contribution in [-0.2, 0) is 11.3 Å². The highest BCUT2D eigenvalue weighted by atomic mass is 79.9. The maximum atomic E-state index is 12.4. The summed E-state index contributed by atoms with van der Waals surface area (Å²) in [5, 5.41) is 2.67. The average molecular weight is 435 g/mol. The number of amides is 2. The Bertz CT molecular complexity index is 962. The summed E-state index contributed by atoms with van der Waals surface area (Å²) in [6.45, 7) is 4.37. The first-order valence-electron chi connectivity index (χ1n) is 8.07. The van der Waals surface area contributed by atoms with Gasteiger partial charge in [0.2, 0.25) is 5.91 Å². The van der Waals surface area contributed by atoms with E-state index in [9.17, 15) is 9.59 Å². The number of imidazole rings is 1. The Morgan fingerprint density at radius 1 is 1.27 bits per heavy atom. The molecule has 1 N–H and O–H groups in total. The van der Waals surface area contributed by atoms with Gasteiger partial charge in [0.05, 0.1) is 24.5 Å². The van der Waals surface area contributed by atoms with Crippen molar-refractivity contribution in [3.63, 3.8) is 0 Å². The number of halogens is 1. The van der Waals surface area contributed by atoms with Gasteiger partial charge >= 0.3 is 0 Å². The number of nitrogens with zero attached hydrogens (tertiary/aromatic N) is 3. The maximum Gasteiger partial charge on any atom is 0.251 e. The molecule has 6 nitrogen and oxygen atoms in total. The van der Waals surface area contributed by atoms with E-state index in [1.54, 1.807) is 47.5 Å². The lowest BCUT2D eigenvalue weighted by Crippen LogP contribution is -2.38. The fourth-order valence-corrected chi connectivity index (χ4v) is 3.76. The number of hydrogen-bond acceptors (Lipinski definition) is 4. The Hall–Kier alpha value is -2.19. The standard InChI is InChI=1S/C18H19BrN4O2S/c1-11-9-23-15(12(2)21-18(23)26-11)10-22(3)16(24)8-20-17(25)13-4-6-14(19)7-5-13/h4-7,9H,8,10H2,1-3H3,(H,20,25). The molecule has 0 atom stereocenters. The van der Waals surface area contributed by atoms with Crippen molar-refractivity contribution in [3.05, 3.63) is 56.8 Å². The van der Waals surface area contributed by atoms with Crippen LogP contribution in [0.3, 0.4) is 0 Å². The van der Waals surface area contributed by atoms with Crippen LogP contribution in [-0.4, -0.2) is 39.7 Å². The molecule has 136 valence electrons. The number of carbonyl (C=O) groups excluding carboxylic acids is 2. The van der Waals surface area contributed by atoms with E-state index in [1.165, 1.54) is 4.88 Å². The van der Waals surface area contributed by atoms with Crippen molar-refractivity contribution in [1.29, 1.82) is 0 Å². The van der Waals surface area contributed by atoms with Crippen molar-refractivity contribution < 1.29 is 9.59 Å². The Morgan fingerprint density at radius 2 is 1.96 bits per heavy atom. The van der Waals surface area contributed by atoms with Crippen LogP contribution in [0, 0.1) is 13.8 Å². The zero-order chi connectivity index (χ0) is 18.8. The smallest absolute Gasteiger partial charge is 0.251 e. The van der Waals surface area contributed by atoms with Crippen LogP contribution in [0.5, 0.6) is 0 Å². The van der Waals surface area contributed by atoms with Gasteiger partial charge in [-0.15, -0.1) is 11.3 Å². The normalized spacial score (nSPS) is 10.9. The molecule has 0 bridgehead atoms. The molecule has 2 heterocycles. The first-order valence-corrected chi connectivity index (χ1v) is 9.68. The number of thiazole rings is 1. The third-order valence-electron chi connectivity index (χ3n) is 4.06. The van der Waals surface area contributed by atoms with Crippen molar-refractivity contribution in [1.82, 2.24) is 19.6 Å². The van der Waals surface area contributed by atoms with Gasteiger partial charge in [-0.25, -0.2) is 4.98 Å². The second-order valence-corrected chi connectivity index (χ2v) is 8.21. The van der Waals surface area contributed by atoms with Crippen LogP contribution in [0.15, 0.2) is 34.9 Å². The van der Waals surface area contributed by atoms with Gasteiger partial charge in [-0.05, 0) is 38.1 Å². The molecular formula is C18H19BrN4O2S. The first kappa shape index (κ1) is 18.6. The van der Waals surface area contributed by atoms with Crippen LogP contribution in [0.2, 0.25) is 0 Å². The van der Waals surface area contributed by atoms with E-state index in [2.05, 4.69) is 26.2 Å². The van der Waals surface area contributed by atoms with Crippen LogP contribution >= 0.6 is 27.3 Å². The first-order chi connectivity index (χ1) is 12.3. The van der Waals surface area contributed by atoms with E-state index in [4.69, 9.17) is 0 Å². The zero-order valence-electron chi connectivity index (χ0n) is 14.7. The van der Waals surface area contributed by atoms with Crippen LogP contribution in [0.1, 0.15) is 26.6 Å². The lowest BCUT2D eigenvalue weighted by molar-refractivity contribution is -0.129. The summed E-state index contributed by atoms with van der Waals surface area (Å²) in [4.78, 5) is 32.8. The van der Waals surface area contributed by atoms with Crippen LogP contribution < -0.4 is 5.32 Å². The molecule has 1 aromatic carbocycles. The fourth-order valence-electron chi connectivity index (χ4n) is 2.61. The molecule has 0 radical (unpaired) electrons. The lowest BCUT2D eigenvalue weighted by atomic mass is 10.2. The number of fused-ring (bicyclic) bond motifs is 1. The van der Waals surface area contributed by atoms with Gasteiger partial charge in [-0.3, -0.25) is 14.0 Å². The van der Waals surface area contributed by atoms with Crippen molar-refractivity contribution in [2.24, 2.45) is 0 Å². The Kier molecular flexibility index (Phi) is 5.43. The van der Waals surface area contributed by atoms with Crippen molar-refractivity contribution in [2.75, 3.05) is 13.6 Å². The van der Waals surface area contributed by atoms with Crippen molar-refractivity contribution in [3.8, 4) is 0 Å². The lowest BCUT2D eigenvalue weighted by Gasteiger charge is -2.17. The largest absolute Gasteiger partial charge is 0.343 e. The Balaban J connectivity index is 1.61. The molecule has 8 heteroatoms. The summed E-state index contributed by atoms with van der Waals surface area (Å²) in [7, 11) is 1.73. The van der Waals surface area contributed by atoms with Gasteiger partial charge in [0.1, 0.15) is 0 Å². The molecule has 3 aromatic rings. The number of hydrogen-bond donors (Lipinski definition) is 1. The summed E-state index contributed by atoms with van der Waals surface area (Å²) < 4.78 is 2.93. The molecule has 0 aliphatic carbocycles. The highest BCUT2D eigenvalue weighted by Crippen LogP contribution is 2.21. The predicted octanol–water partition coefficient (Wildman–Crippen LogP) is 3.16. The molecule has 0 saturated heterocycles. The third-order valence-corrected chi connectivity index (χ3v) is 5.49. The molecule has 3 rings (SSSR count). The fraction of sp³-hybridized carbons (Fsp3) is 0.278. The molecule has 0 aliphatic heterocycles. The molecule has 0 fully saturated rings. The van der Waals surface area contributed by atoms with Gasteiger partial charge in [-0.2, -0.15) is 0 Å². The van der Waals surface area contributed by atoms with Gasteiger partial charge < -0.3 is 10.2 Å². The molecule has 2 amide bonds. The van der Waals surface area contributed by atoms with E-state index in [1.807, 2.05) is 24.4 Å². The number of benzene rings is 1. The molecule has 0 unspecified atom stereocenters. The average Bonchev–Trinajstić information content (AvgIpc) is 3.09. The molecule has 0 saturated carbocycles. The molecule has 0 spiro atoms. The minimum absolute atomic E-state index is 0.0466. The zero-order valence-corrected chi connectivity index (χ0v) is 17.1. The number of rotatable bonds is 5. The van der Waals surface area contributed by atoms with E-state index in [0.29, 0.717) is 12.1 Å². The summed E-state index contributed by atoms with van der Waals surface area (Å²) >= 11 is 4.95. The predicted molar refractivity (Wildman–Crippen MR) is 105 cm³/mol. The SMILES string of the molecule is Cc1cn2c(CN(C)C(=O)CNC(=O)c3ccc(Br)cc3)c(C)nc2s1. The minimum Gasteiger partial charge on any atom is -0.343 e. The van der Waals surface area contributed by atoms with Crippen molar-refractivity contribution >= 4 is 44.0 Å². The molecule has 2 aromatic heterocycles. The number of aromatic nitrogens is 2. The van der Waals surface area contributed by atoms with E-state index in [0.717, 1.165) is 20.8 Å². The topological polar surface area (TPSA) is 66.7 Å². The van der Waals surface area contributed by atoms with E-state index >= 15 is 0 Å². The van der Waals surface area contributed by atoms with Gasteiger partial charge in [0, 0.05) is 28.2 Å². The minimum atomic E-state index is -0.268. The van der Waals surface area contributed by atoms with Crippen LogP contribution in [0.25, 0.3) is 4.96 Å². The van der Waals surface area contributed by atoms with Gasteiger partial charge in [0.15, 0.2) is 4.96 Å². The summed E-state index contributed by atoms with van der Waals surface area (Å²) in [6.07, 6.45) is 2.03. The Labute approximate surface area is 164 Å². The molecule has 26 heavy (non-hydrogen) atoms.